The van der Waals surface area contributed by atoms with Gasteiger partial charge in [0.2, 0.25) is 12.3 Å². The number of aromatic nitrogens is 3. The van der Waals surface area contributed by atoms with Crippen LogP contribution in [0.3, 0.4) is 0 Å². The molecule has 3 aromatic rings. The second kappa shape index (κ2) is 14.2. The molecule has 10 heteroatoms. The van der Waals surface area contributed by atoms with E-state index in [0.29, 0.717) is 5.15 Å². The second-order valence-corrected chi connectivity index (χ2v) is 11.0. The van der Waals surface area contributed by atoms with E-state index in [4.69, 9.17) is 27.1 Å². The molecule has 2 fully saturated rings. The Balaban J connectivity index is 0.000000267. The van der Waals surface area contributed by atoms with E-state index in [1.807, 2.05) is 45.2 Å². The Bertz CT molecular complexity index is 1240. The lowest BCUT2D eigenvalue weighted by atomic mass is 9.96. The molecule has 0 aliphatic carbocycles. The molecule has 2 N–H and O–H groups in total. The van der Waals surface area contributed by atoms with Crippen LogP contribution >= 0.6 is 11.6 Å². The molecule has 5 heterocycles. The van der Waals surface area contributed by atoms with E-state index in [1.54, 1.807) is 30.5 Å². The first-order chi connectivity index (χ1) is 18.6. The number of methoxy groups -OCH3 is 1. The van der Waals surface area contributed by atoms with Crippen molar-refractivity contribution in [3.05, 3.63) is 48.0 Å². The zero-order valence-corrected chi connectivity index (χ0v) is 24.0. The van der Waals surface area contributed by atoms with Crippen molar-refractivity contribution >= 4 is 40.5 Å². The summed E-state index contributed by atoms with van der Waals surface area (Å²) in [6.07, 6.45) is 10.1. The summed E-state index contributed by atoms with van der Waals surface area (Å²) >= 11 is 6.04. The second-order valence-electron chi connectivity index (χ2n) is 10.6. The molecule has 9 nitrogen and oxygen atoms in total. The van der Waals surface area contributed by atoms with Gasteiger partial charge in [-0.1, -0.05) is 11.6 Å². The third-order valence-corrected chi connectivity index (χ3v) is 6.94. The van der Waals surface area contributed by atoms with Gasteiger partial charge in [0.15, 0.2) is 0 Å². The summed E-state index contributed by atoms with van der Waals surface area (Å²) in [4.78, 5) is 38.6. The molecule has 0 unspecified atom stereocenters. The number of fused-ring (bicyclic) bond motifs is 1. The molecular weight excluding hydrogens is 516 g/mol. The highest BCUT2D eigenvalue weighted by atomic mass is 35.5. The van der Waals surface area contributed by atoms with E-state index < -0.39 is 0 Å². The molecule has 39 heavy (non-hydrogen) atoms. The van der Waals surface area contributed by atoms with E-state index in [9.17, 15) is 9.59 Å². The fourth-order valence-corrected chi connectivity index (χ4v) is 4.43. The van der Waals surface area contributed by atoms with Gasteiger partial charge in [0.1, 0.15) is 11.0 Å². The number of pyridine rings is 3. The molecule has 0 atom stereocenters. The van der Waals surface area contributed by atoms with Gasteiger partial charge in [0.25, 0.3) is 0 Å². The monoisotopic (exact) mass is 554 g/mol. The molecular formula is C29H39ClN6O3. The van der Waals surface area contributed by atoms with Gasteiger partial charge in [-0.3, -0.25) is 14.6 Å². The maximum Gasteiger partial charge on any atom is 0.220 e. The first kappa shape index (κ1) is 30.2. The average molecular weight is 555 g/mol. The van der Waals surface area contributed by atoms with Gasteiger partial charge in [-0.25, -0.2) is 9.97 Å². The van der Waals surface area contributed by atoms with Gasteiger partial charge in [-0.15, -0.1) is 0 Å². The normalized spacial score (nSPS) is 15.7. The number of ether oxygens (including phenoxy) is 1. The first-order valence-electron chi connectivity index (χ1n) is 13.3. The van der Waals surface area contributed by atoms with Gasteiger partial charge < -0.3 is 20.3 Å². The zero-order chi connectivity index (χ0) is 28.4. The Hall–Kier alpha value is -3.30. The van der Waals surface area contributed by atoms with E-state index in [0.717, 1.165) is 73.3 Å². The number of carbonyl (C=O) groups excluding carboxylic acids is 2. The van der Waals surface area contributed by atoms with Crippen LogP contribution in [-0.4, -0.2) is 71.1 Å². The number of primary amides is 1. The Morgan fingerprint density at radius 2 is 1.77 bits per heavy atom. The minimum Gasteiger partial charge on any atom is -0.379 e. The summed E-state index contributed by atoms with van der Waals surface area (Å²) in [7, 11) is 1.71. The smallest absolute Gasteiger partial charge is 0.220 e. The number of nitrogens with zero attached hydrogens (tertiary/aromatic N) is 5. The van der Waals surface area contributed by atoms with Gasteiger partial charge in [-0.2, -0.15) is 0 Å². The molecule has 0 saturated carbocycles. The molecule has 3 aromatic heterocycles. The van der Waals surface area contributed by atoms with Gasteiger partial charge in [0, 0.05) is 74.1 Å². The highest BCUT2D eigenvalue weighted by Gasteiger charge is 2.25. The maximum absolute atomic E-state index is 11.4. The number of carbonyl (C=O) groups is 2. The molecule has 2 aliphatic rings. The Morgan fingerprint density at radius 1 is 1.10 bits per heavy atom. The standard InChI is InChI=1S/C19H18ClN5O.C5H9NO.C5H12O/c20-17-10-13(1-6-23-17)16-9-14-11-22-5-2-15(14)19(24-16)25-7-3-12(4-8-25)18(21)26;7-5-6-3-1-2-4-6;1-5(2,3)6-4/h1-2,5-6,9-12H,3-4,7-8H2,(H2,21,26);5H,1-4H2;1-4H3. The Morgan fingerprint density at radius 3 is 2.31 bits per heavy atom. The summed E-state index contributed by atoms with van der Waals surface area (Å²) in [6.45, 7) is 9.51. The Labute approximate surface area is 235 Å². The average Bonchev–Trinajstić information content (AvgIpc) is 3.47. The number of nitrogens with two attached hydrogens (primary N) is 1. The number of hydrogen-bond acceptors (Lipinski definition) is 7. The number of piperidine rings is 1. The lowest BCUT2D eigenvalue weighted by Crippen LogP contribution is -2.39. The van der Waals surface area contributed by atoms with Crippen molar-refractivity contribution in [1.29, 1.82) is 0 Å². The van der Waals surface area contributed by atoms with Crippen molar-refractivity contribution < 1.29 is 14.3 Å². The summed E-state index contributed by atoms with van der Waals surface area (Å²) in [6, 6.07) is 7.67. The fraction of sp³-hybridized carbons (Fsp3) is 0.483. The van der Waals surface area contributed by atoms with Gasteiger partial charge in [0.05, 0.1) is 11.3 Å². The zero-order valence-electron chi connectivity index (χ0n) is 23.3. The van der Waals surface area contributed by atoms with Crippen LogP contribution in [0.5, 0.6) is 0 Å². The summed E-state index contributed by atoms with van der Waals surface area (Å²) < 4.78 is 4.94. The fourth-order valence-electron chi connectivity index (χ4n) is 4.25. The first-order valence-corrected chi connectivity index (χ1v) is 13.6. The molecule has 210 valence electrons. The number of anilines is 1. The van der Waals surface area contributed by atoms with E-state index in [-0.39, 0.29) is 17.4 Å². The number of rotatable bonds is 4. The van der Waals surface area contributed by atoms with Crippen LogP contribution < -0.4 is 10.6 Å². The molecule has 2 aliphatic heterocycles. The van der Waals surface area contributed by atoms with Crippen LogP contribution in [0, 0.1) is 5.92 Å². The SMILES string of the molecule is COC(C)(C)C.NC(=O)C1CCN(c2nc(-c3ccnc(Cl)c3)cc3cnccc23)CC1.O=CN1CCCC1. The number of amides is 2. The van der Waals surface area contributed by atoms with Crippen molar-refractivity contribution in [2.24, 2.45) is 11.7 Å². The van der Waals surface area contributed by atoms with Crippen LogP contribution in [0.25, 0.3) is 22.0 Å². The van der Waals surface area contributed by atoms with Gasteiger partial charge in [-0.05, 0) is 70.7 Å². The highest BCUT2D eigenvalue weighted by Crippen LogP contribution is 2.32. The van der Waals surface area contributed by atoms with Crippen LogP contribution in [0.1, 0.15) is 46.5 Å². The summed E-state index contributed by atoms with van der Waals surface area (Å²) in [5.74, 6) is 0.629. The van der Waals surface area contributed by atoms with Crippen LogP contribution in [0.15, 0.2) is 42.9 Å². The largest absolute Gasteiger partial charge is 0.379 e. The van der Waals surface area contributed by atoms with E-state index >= 15 is 0 Å². The number of hydrogen-bond donors (Lipinski definition) is 1. The van der Waals surface area contributed by atoms with Crippen molar-refractivity contribution in [2.45, 2.75) is 52.1 Å². The van der Waals surface area contributed by atoms with Crippen LogP contribution in [0.2, 0.25) is 5.15 Å². The van der Waals surface area contributed by atoms with E-state index in [2.05, 4.69) is 14.9 Å². The third-order valence-electron chi connectivity index (χ3n) is 6.73. The molecule has 0 spiro atoms. The highest BCUT2D eigenvalue weighted by molar-refractivity contribution is 6.29. The quantitative estimate of drug-likeness (QED) is 0.366. The van der Waals surface area contributed by atoms with Crippen molar-refractivity contribution in [3.63, 3.8) is 0 Å². The molecule has 5 rings (SSSR count). The Kier molecular flexibility index (Phi) is 11.0. The predicted octanol–water partition coefficient (Wildman–Crippen LogP) is 4.72. The lowest BCUT2D eigenvalue weighted by Gasteiger charge is -2.32. The van der Waals surface area contributed by atoms with Crippen LogP contribution in [-0.2, 0) is 14.3 Å². The number of likely N-dealkylation sites (tertiary alicyclic amines) is 1. The molecule has 0 radical (unpaired) electrons. The number of halogens is 1. The lowest BCUT2D eigenvalue weighted by molar-refractivity contribution is -0.122. The summed E-state index contributed by atoms with van der Waals surface area (Å²) in [5.41, 5.74) is 7.23. The topological polar surface area (TPSA) is 115 Å². The molecule has 0 aromatic carbocycles. The van der Waals surface area contributed by atoms with Crippen LogP contribution in [0.4, 0.5) is 5.82 Å². The minimum absolute atomic E-state index is 0.0417. The van der Waals surface area contributed by atoms with E-state index in [1.165, 1.54) is 12.8 Å². The minimum atomic E-state index is -0.216. The predicted molar refractivity (Wildman–Crippen MR) is 156 cm³/mol. The molecule has 0 bridgehead atoms. The van der Waals surface area contributed by atoms with Crippen molar-refractivity contribution in [1.82, 2.24) is 19.9 Å². The molecule has 2 saturated heterocycles. The molecule has 2 amide bonds. The maximum atomic E-state index is 11.4. The van der Waals surface area contributed by atoms with Gasteiger partial charge >= 0.3 is 0 Å². The van der Waals surface area contributed by atoms with Crippen molar-refractivity contribution in [3.8, 4) is 11.3 Å². The van der Waals surface area contributed by atoms with Crippen molar-refractivity contribution in [2.75, 3.05) is 38.2 Å². The third kappa shape index (κ3) is 9.14. The summed E-state index contributed by atoms with van der Waals surface area (Å²) in [5, 5.41) is 2.48.